The van der Waals surface area contributed by atoms with Gasteiger partial charge in [-0.3, -0.25) is 4.79 Å². The van der Waals surface area contributed by atoms with E-state index in [1.165, 1.54) is 0 Å². The maximum Gasteiger partial charge on any atom is 0.261 e. The molecule has 2 aromatic rings. The third-order valence-corrected chi connectivity index (χ3v) is 3.86. The summed E-state index contributed by atoms with van der Waals surface area (Å²) in [6.45, 7) is 0.517. The lowest BCUT2D eigenvalue weighted by Gasteiger charge is -2.14. The molecular weight excluding hydrogens is 276 g/mol. The lowest BCUT2D eigenvalue weighted by molar-refractivity contribution is -0.127. The van der Waals surface area contributed by atoms with Gasteiger partial charge in [-0.25, -0.2) is 0 Å². The first-order chi connectivity index (χ1) is 10.6. The normalized spacial score (nSPS) is 15.8. The van der Waals surface area contributed by atoms with Gasteiger partial charge < -0.3 is 15.0 Å². The second kappa shape index (κ2) is 6.10. The minimum Gasteiger partial charge on any atom is -0.480 e. The maximum absolute atomic E-state index is 12.2. The number of fused-ring (bicyclic) bond motifs is 1. The van der Waals surface area contributed by atoms with Crippen LogP contribution in [0.4, 0.5) is 5.69 Å². The average Bonchev–Trinajstić information content (AvgIpc) is 2.97. The van der Waals surface area contributed by atoms with Crippen LogP contribution in [0, 0.1) is 0 Å². The lowest BCUT2D eigenvalue weighted by atomic mass is 10.1. The Balaban J connectivity index is 1.55. The minimum atomic E-state index is -0.418. The highest BCUT2D eigenvalue weighted by Gasteiger charge is 2.28. The lowest BCUT2D eigenvalue weighted by Crippen LogP contribution is -2.37. The zero-order valence-electron chi connectivity index (χ0n) is 12.9. The molecule has 114 valence electrons. The molecular formula is C18H20N2O2. The van der Waals surface area contributed by atoms with Gasteiger partial charge in [0.25, 0.3) is 5.91 Å². The summed E-state index contributed by atoms with van der Waals surface area (Å²) >= 11 is 0. The Morgan fingerprint density at radius 1 is 1.18 bits per heavy atom. The average molecular weight is 296 g/mol. The Hall–Kier alpha value is -2.49. The molecule has 0 aliphatic carbocycles. The SMILES string of the molecule is CN(C)c1ccc(CNC(=O)[C@H]2Cc3ccccc3O2)cc1. The van der Waals surface area contributed by atoms with E-state index in [1.54, 1.807) is 0 Å². The Morgan fingerprint density at radius 3 is 2.59 bits per heavy atom. The van der Waals surface area contributed by atoms with Crippen LogP contribution >= 0.6 is 0 Å². The number of nitrogens with zero attached hydrogens (tertiary/aromatic N) is 1. The summed E-state index contributed by atoms with van der Waals surface area (Å²) in [5.41, 5.74) is 3.32. The van der Waals surface area contributed by atoms with Crippen molar-refractivity contribution in [3.63, 3.8) is 0 Å². The van der Waals surface area contributed by atoms with Gasteiger partial charge in [0, 0.05) is 32.7 Å². The number of carbonyl (C=O) groups excluding carboxylic acids is 1. The van der Waals surface area contributed by atoms with Gasteiger partial charge in [-0.15, -0.1) is 0 Å². The predicted molar refractivity (Wildman–Crippen MR) is 87.2 cm³/mol. The fourth-order valence-electron chi connectivity index (χ4n) is 2.54. The molecule has 1 N–H and O–H groups in total. The first-order valence-corrected chi connectivity index (χ1v) is 7.42. The highest BCUT2D eigenvalue weighted by Crippen LogP contribution is 2.28. The third kappa shape index (κ3) is 3.06. The molecule has 0 aromatic heterocycles. The van der Waals surface area contributed by atoms with Crippen molar-refractivity contribution in [2.24, 2.45) is 0 Å². The van der Waals surface area contributed by atoms with E-state index >= 15 is 0 Å². The molecule has 0 unspecified atom stereocenters. The highest BCUT2D eigenvalue weighted by molar-refractivity contribution is 5.82. The Bertz CT molecular complexity index is 640. The van der Waals surface area contributed by atoms with Gasteiger partial charge in [0.1, 0.15) is 5.75 Å². The molecule has 1 heterocycles. The summed E-state index contributed by atoms with van der Waals surface area (Å²) in [5.74, 6) is 0.755. The van der Waals surface area contributed by atoms with Crippen molar-refractivity contribution in [2.75, 3.05) is 19.0 Å². The highest BCUT2D eigenvalue weighted by atomic mass is 16.5. The fourth-order valence-corrected chi connectivity index (χ4v) is 2.54. The summed E-state index contributed by atoms with van der Waals surface area (Å²) in [5, 5.41) is 2.95. The van der Waals surface area contributed by atoms with Crippen LogP contribution in [0.1, 0.15) is 11.1 Å². The standard InChI is InChI=1S/C18H20N2O2/c1-20(2)15-9-7-13(8-10-15)12-19-18(21)17-11-14-5-3-4-6-16(14)22-17/h3-10,17H,11-12H2,1-2H3,(H,19,21)/t17-/m1/s1. The second-order valence-electron chi connectivity index (χ2n) is 5.70. The van der Waals surface area contributed by atoms with E-state index < -0.39 is 6.10 Å². The third-order valence-electron chi connectivity index (χ3n) is 3.86. The quantitative estimate of drug-likeness (QED) is 0.942. The van der Waals surface area contributed by atoms with Crippen LogP contribution in [0.5, 0.6) is 5.75 Å². The number of rotatable bonds is 4. The molecule has 1 aliphatic rings. The first-order valence-electron chi connectivity index (χ1n) is 7.42. The molecule has 1 atom stereocenters. The number of nitrogens with one attached hydrogen (secondary N) is 1. The molecule has 1 amide bonds. The van der Waals surface area contributed by atoms with Crippen LogP contribution in [0.2, 0.25) is 0 Å². The Morgan fingerprint density at radius 2 is 1.91 bits per heavy atom. The number of hydrogen-bond acceptors (Lipinski definition) is 3. The molecule has 0 saturated carbocycles. The van der Waals surface area contributed by atoms with Crippen molar-refractivity contribution >= 4 is 11.6 Å². The number of carbonyl (C=O) groups is 1. The second-order valence-corrected chi connectivity index (χ2v) is 5.70. The van der Waals surface area contributed by atoms with Crippen molar-refractivity contribution in [1.29, 1.82) is 0 Å². The van der Waals surface area contributed by atoms with Crippen LogP contribution in [0.3, 0.4) is 0 Å². The number of anilines is 1. The summed E-state index contributed by atoms with van der Waals surface area (Å²) in [7, 11) is 4.01. The monoisotopic (exact) mass is 296 g/mol. The van der Waals surface area contributed by atoms with E-state index in [4.69, 9.17) is 4.74 Å². The van der Waals surface area contributed by atoms with Crippen molar-refractivity contribution < 1.29 is 9.53 Å². The smallest absolute Gasteiger partial charge is 0.261 e. The Kier molecular flexibility index (Phi) is 4.00. The van der Waals surface area contributed by atoms with Gasteiger partial charge in [-0.2, -0.15) is 0 Å². The van der Waals surface area contributed by atoms with Gasteiger partial charge in [-0.1, -0.05) is 30.3 Å². The molecule has 4 nitrogen and oxygen atoms in total. The summed E-state index contributed by atoms with van der Waals surface area (Å²) < 4.78 is 5.69. The van der Waals surface area contributed by atoms with Gasteiger partial charge in [0.05, 0.1) is 0 Å². The van der Waals surface area contributed by atoms with E-state index in [0.29, 0.717) is 13.0 Å². The number of para-hydroxylation sites is 1. The van der Waals surface area contributed by atoms with Crippen molar-refractivity contribution in [2.45, 2.75) is 19.1 Å². The molecule has 4 heteroatoms. The molecule has 0 radical (unpaired) electrons. The van der Waals surface area contributed by atoms with E-state index in [1.807, 2.05) is 67.5 Å². The largest absolute Gasteiger partial charge is 0.480 e. The van der Waals surface area contributed by atoms with E-state index in [0.717, 1.165) is 22.6 Å². The van der Waals surface area contributed by atoms with Gasteiger partial charge in [0.2, 0.25) is 0 Å². The maximum atomic E-state index is 12.2. The molecule has 0 bridgehead atoms. The van der Waals surface area contributed by atoms with E-state index in [9.17, 15) is 4.79 Å². The first kappa shape index (κ1) is 14.4. The van der Waals surface area contributed by atoms with Crippen LogP contribution in [0.25, 0.3) is 0 Å². The molecule has 3 rings (SSSR count). The number of hydrogen-bond donors (Lipinski definition) is 1. The molecule has 0 spiro atoms. The van der Waals surface area contributed by atoms with Gasteiger partial charge >= 0.3 is 0 Å². The molecule has 0 fully saturated rings. The Labute approximate surface area is 130 Å². The van der Waals surface area contributed by atoms with Crippen LogP contribution < -0.4 is 15.0 Å². The van der Waals surface area contributed by atoms with Crippen LogP contribution in [0.15, 0.2) is 48.5 Å². The van der Waals surface area contributed by atoms with Gasteiger partial charge in [-0.05, 0) is 29.3 Å². The summed E-state index contributed by atoms with van der Waals surface area (Å²) in [4.78, 5) is 14.3. The minimum absolute atomic E-state index is 0.0621. The topological polar surface area (TPSA) is 41.6 Å². The van der Waals surface area contributed by atoms with Crippen molar-refractivity contribution in [3.8, 4) is 5.75 Å². The zero-order valence-corrected chi connectivity index (χ0v) is 12.9. The van der Waals surface area contributed by atoms with Gasteiger partial charge in [0.15, 0.2) is 6.10 Å². The number of benzene rings is 2. The fraction of sp³-hybridized carbons (Fsp3) is 0.278. The molecule has 22 heavy (non-hydrogen) atoms. The predicted octanol–water partition coefficient (Wildman–Crippen LogP) is 2.37. The van der Waals surface area contributed by atoms with Crippen LogP contribution in [-0.2, 0) is 17.8 Å². The summed E-state index contributed by atoms with van der Waals surface area (Å²) in [6, 6.07) is 15.9. The number of amides is 1. The zero-order chi connectivity index (χ0) is 15.5. The van der Waals surface area contributed by atoms with Crippen LogP contribution in [-0.4, -0.2) is 26.1 Å². The van der Waals surface area contributed by atoms with E-state index in [-0.39, 0.29) is 5.91 Å². The summed E-state index contributed by atoms with van der Waals surface area (Å²) in [6.07, 6.45) is 0.222. The molecule has 0 saturated heterocycles. The number of ether oxygens (including phenoxy) is 1. The molecule has 1 aliphatic heterocycles. The van der Waals surface area contributed by atoms with Crippen molar-refractivity contribution in [1.82, 2.24) is 5.32 Å². The van der Waals surface area contributed by atoms with Crippen molar-refractivity contribution in [3.05, 3.63) is 59.7 Å². The molecule has 2 aromatic carbocycles. The van der Waals surface area contributed by atoms with E-state index in [2.05, 4.69) is 5.32 Å².